The molecule has 0 radical (unpaired) electrons. The average molecular weight is 376 g/mol. The minimum absolute atomic E-state index is 0.124. The summed E-state index contributed by atoms with van der Waals surface area (Å²) in [6, 6.07) is -0.276. The van der Waals surface area contributed by atoms with Crippen molar-refractivity contribution in [3.63, 3.8) is 0 Å². The average Bonchev–Trinajstić information content (AvgIpc) is 2.60. The summed E-state index contributed by atoms with van der Waals surface area (Å²) < 4.78 is 22.4. The standard InChI is InChI=1S/C17H33N2O5P/c1-5-25(22,6-2)24-13-10-8-7-9-11-18-17(21)19-12-14-23-16(20)15(3)4/h3,5-14H2,1-2,4H3,(H2,18,19,21). The van der Waals surface area contributed by atoms with Crippen LogP contribution in [0.3, 0.4) is 0 Å². The van der Waals surface area contributed by atoms with Gasteiger partial charge in [-0.1, -0.05) is 33.3 Å². The SMILES string of the molecule is C=C(C)C(=O)OCCNC(=O)NCCCCCCOP(=O)(CC)CC. The van der Waals surface area contributed by atoms with Gasteiger partial charge in [0.25, 0.3) is 0 Å². The molecular weight excluding hydrogens is 343 g/mol. The Hall–Kier alpha value is -1.33. The van der Waals surface area contributed by atoms with Crippen LogP contribution >= 0.6 is 7.37 Å². The Morgan fingerprint density at radius 2 is 1.56 bits per heavy atom. The summed E-state index contributed by atoms with van der Waals surface area (Å²) in [4.78, 5) is 22.6. The number of amides is 2. The molecule has 0 unspecified atom stereocenters. The molecule has 146 valence electrons. The van der Waals surface area contributed by atoms with Crippen LogP contribution in [-0.2, 0) is 18.6 Å². The van der Waals surface area contributed by atoms with Crippen LogP contribution in [0.25, 0.3) is 0 Å². The molecule has 0 aliphatic rings. The van der Waals surface area contributed by atoms with Crippen LogP contribution in [0.2, 0.25) is 0 Å². The number of carbonyl (C=O) groups excluding carboxylic acids is 2. The number of carbonyl (C=O) groups is 2. The van der Waals surface area contributed by atoms with Crippen molar-refractivity contribution >= 4 is 19.4 Å². The van der Waals surface area contributed by atoms with E-state index in [-0.39, 0.29) is 19.2 Å². The van der Waals surface area contributed by atoms with E-state index in [1.807, 2.05) is 13.8 Å². The van der Waals surface area contributed by atoms with Crippen molar-refractivity contribution < 1.29 is 23.4 Å². The molecule has 0 aromatic rings. The Kier molecular flexibility index (Phi) is 13.2. The van der Waals surface area contributed by atoms with Gasteiger partial charge in [0.1, 0.15) is 6.61 Å². The lowest BCUT2D eigenvalue weighted by molar-refractivity contribution is -0.138. The van der Waals surface area contributed by atoms with Crippen LogP contribution in [-0.4, -0.2) is 50.6 Å². The summed E-state index contributed by atoms with van der Waals surface area (Å²) in [5.41, 5.74) is 0.335. The number of ether oxygens (including phenoxy) is 1. The van der Waals surface area contributed by atoms with Crippen LogP contribution in [0, 0.1) is 0 Å². The summed E-state index contributed by atoms with van der Waals surface area (Å²) >= 11 is 0. The highest BCUT2D eigenvalue weighted by Gasteiger charge is 2.16. The van der Waals surface area contributed by atoms with Crippen LogP contribution in [0.5, 0.6) is 0 Å². The van der Waals surface area contributed by atoms with Crippen LogP contribution in [0.4, 0.5) is 4.79 Å². The molecule has 0 fully saturated rings. The van der Waals surface area contributed by atoms with E-state index in [9.17, 15) is 14.2 Å². The second-order valence-corrected chi connectivity index (χ2v) is 8.95. The molecule has 0 heterocycles. The lowest BCUT2D eigenvalue weighted by Gasteiger charge is -2.14. The van der Waals surface area contributed by atoms with E-state index >= 15 is 0 Å². The van der Waals surface area contributed by atoms with Gasteiger partial charge in [0.15, 0.2) is 0 Å². The molecule has 0 aromatic carbocycles. The van der Waals surface area contributed by atoms with Crippen molar-refractivity contribution in [3.05, 3.63) is 12.2 Å². The van der Waals surface area contributed by atoms with Crippen molar-refractivity contribution in [1.82, 2.24) is 10.6 Å². The first-order chi connectivity index (χ1) is 11.8. The second kappa shape index (κ2) is 13.9. The van der Waals surface area contributed by atoms with Gasteiger partial charge in [0.05, 0.1) is 13.2 Å². The van der Waals surface area contributed by atoms with Crippen molar-refractivity contribution in [2.24, 2.45) is 0 Å². The third kappa shape index (κ3) is 12.7. The topological polar surface area (TPSA) is 93.7 Å². The lowest BCUT2D eigenvalue weighted by Crippen LogP contribution is -2.38. The summed E-state index contributed by atoms with van der Waals surface area (Å²) in [5.74, 6) is -0.458. The molecule has 25 heavy (non-hydrogen) atoms. The molecule has 0 aliphatic heterocycles. The number of esters is 1. The number of rotatable bonds is 14. The highest BCUT2D eigenvalue weighted by molar-refractivity contribution is 7.58. The van der Waals surface area contributed by atoms with Gasteiger partial charge in [0.2, 0.25) is 7.37 Å². The molecule has 0 rings (SSSR count). The molecule has 0 saturated carbocycles. The van der Waals surface area contributed by atoms with Crippen molar-refractivity contribution in [3.8, 4) is 0 Å². The Morgan fingerprint density at radius 3 is 2.16 bits per heavy atom. The van der Waals surface area contributed by atoms with Crippen molar-refractivity contribution in [2.45, 2.75) is 46.5 Å². The van der Waals surface area contributed by atoms with Gasteiger partial charge in [0, 0.05) is 24.4 Å². The highest BCUT2D eigenvalue weighted by Crippen LogP contribution is 2.45. The minimum atomic E-state index is -2.38. The summed E-state index contributed by atoms with van der Waals surface area (Å²) in [6.07, 6.45) is 4.89. The Morgan fingerprint density at radius 1 is 0.960 bits per heavy atom. The van der Waals surface area contributed by atoms with Gasteiger partial charge in [-0.05, 0) is 19.8 Å². The highest BCUT2D eigenvalue weighted by atomic mass is 31.2. The molecule has 8 heteroatoms. The zero-order chi connectivity index (χ0) is 19.1. The smallest absolute Gasteiger partial charge is 0.333 e. The van der Waals surface area contributed by atoms with E-state index in [1.54, 1.807) is 6.92 Å². The van der Waals surface area contributed by atoms with E-state index in [1.165, 1.54) is 0 Å². The summed E-state index contributed by atoms with van der Waals surface area (Å²) in [7, 11) is -2.38. The van der Waals surface area contributed by atoms with Gasteiger partial charge in [-0.3, -0.25) is 4.57 Å². The summed E-state index contributed by atoms with van der Waals surface area (Å²) in [6.45, 7) is 10.3. The molecule has 0 bridgehead atoms. The maximum Gasteiger partial charge on any atom is 0.333 e. The first-order valence-corrected chi connectivity index (χ1v) is 10.9. The molecule has 2 amide bonds. The number of unbranched alkanes of at least 4 members (excludes halogenated alkanes) is 3. The van der Waals surface area contributed by atoms with Gasteiger partial charge < -0.3 is 19.9 Å². The fraction of sp³-hybridized carbons (Fsp3) is 0.765. The van der Waals surface area contributed by atoms with Crippen LogP contribution < -0.4 is 10.6 Å². The maximum absolute atomic E-state index is 12.0. The van der Waals surface area contributed by atoms with E-state index in [2.05, 4.69) is 17.2 Å². The normalized spacial score (nSPS) is 11.0. The Bertz CT molecular complexity index is 460. The number of nitrogens with one attached hydrogen (secondary N) is 2. The van der Waals surface area contributed by atoms with Crippen LogP contribution in [0.15, 0.2) is 12.2 Å². The van der Waals surface area contributed by atoms with E-state index in [0.29, 0.717) is 31.0 Å². The molecule has 0 saturated heterocycles. The Balaban J connectivity index is 3.48. The molecular formula is C17H33N2O5P. The predicted octanol–water partition coefficient (Wildman–Crippen LogP) is 3.30. The predicted molar refractivity (Wildman–Crippen MR) is 100 cm³/mol. The van der Waals surface area contributed by atoms with E-state index in [0.717, 1.165) is 25.7 Å². The fourth-order valence-corrected chi connectivity index (χ4v) is 3.19. The Labute approximate surface area is 151 Å². The second-order valence-electron chi connectivity index (χ2n) is 5.79. The zero-order valence-corrected chi connectivity index (χ0v) is 16.7. The van der Waals surface area contributed by atoms with E-state index < -0.39 is 13.3 Å². The minimum Gasteiger partial charge on any atom is -0.460 e. The first kappa shape index (κ1) is 23.7. The third-order valence-electron chi connectivity index (χ3n) is 3.62. The van der Waals surface area contributed by atoms with Crippen molar-refractivity contribution in [2.75, 3.05) is 38.6 Å². The van der Waals surface area contributed by atoms with Gasteiger partial charge >= 0.3 is 12.0 Å². The molecule has 7 nitrogen and oxygen atoms in total. The molecule has 0 aliphatic carbocycles. The zero-order valence-electron chi connectivity index (χ0n) is 15.8. The van der Waals surface area contributed by atoms with Crippen LogP contribution in [0.1, 0.15) is 46.5 Å². The monoisotopic (exact) mass is 376 g/mol. The molecule has 0 spiro atoms. The van der Waals surface area contributed by atoms with E-state index in [4.69, 9.17) is 9.26 Å². The summed E-state index contributed by atoms with van der Waals surface area (Å²) in [5, 5.41) is 5.35. The quantitative estimate of drug-likeness (QED) is 0.210. The largest absolute Gasteiger partial charge is 0.460 e. The van der Waals surface area contributed by atoms with Gasteiger partial charge in [-0.25, -0.2) is 9.59 Å². The van der Waals surface area contributed by atoms with Crippen molar-refractivity contribution in [1.29, 1.82) is 0 Å². The first-order valence-electron chi connectivity index (χ1n) is 8.91. The molecule has 0 aromatic heterocycles. The number of hydrogen-bond donors (Lipinski definition) is 2. The molecule has 2 N–H and O–H groups in total. The molecule has 0 atom stereocenters. The lowest BCUT2D eigenvalue weighted by atomic mass is 10.2. The maximum atomic E-state index is 12.0. The number of urea groups is 1. The fourth-order valence-electron chi connectivity index (χ4n) is 1.91. The van der Waals surface area contributed by atoms with Gasteiger partial charge in [-0.2, -0.15) is 0 Å². The third-order valence-corrected chi connectivity index (χ3v) is 6.20. The van der Waals surface area contributed by atoms with Gasteiger partial charge in [-0.15, -0.1) is 0 Å². The number of hydrogen-bond acceptors (Lipinski definition) is 5.